The molecule has 32 heavy (non-hydrogen) atoms. The van der Waals surface area contributed by atoms with Crippen LogP contribution in [0.25, 0.3) is 11.1 Å². The van der Waals surface area contributed by atoms with Gasteiger partial charge in [0.2, 0.25) is 0 Å². The maximum Gasteiger partial charge on any atom is 0.251 e. The summed E-state index contributed by atoms with van der Waals surface area (Å²) in [7, 11) is 0. The van der Waals surface area contributed by atoms with Gasteiger partial charge in [0.1, 0.15) is 11.6 Å². The molecular formula is C24H25ClFN3O3. The molecule has 168 valence electrons. The number of nitrogens with one attached hydrogen (secondary N) is 1. The zero-order chi connectivity index (χ0) is 22.5. The number of aromatic nitrogens is 2. The SMILES string of the molecule is O=c1cc(-c2ccnc(NC3CCOCC3)c2)ccn1C(CCO)c1ccc(Cl)c(F)c1. The van der Waals surface area contributed by atoms with Crippen LogP contribution in [0.3, 0.4) is 0 Å². The molecule has 0 aliphatic carbocycles. The van der Waals surface area contributed by atoms with Crippen LogP contribution in [-0.2, 0) is 4.74 Å². The van der Waals surface area contributed by atoms with E-state index < -0.39 is 11.9 Å². The highest BCUT2D eigenvalue weighted by atomic mass is 35.5. The predicted octanol–water partition coefficient (Wildman–Crippen LogP) is 4.27. The average Bonchev–Trinajstić information content (AvgIpc) is 2.80. The molecule has 0 bridgehead atoms. The van der Waals surface area contributed by atoms with Crippen molar-refractivity contribution < 1.29 is 14.2 Å². The van der Waals surface area contributed by atoms with E-state index in [1.54, 1.807) is 24.5 Å². The third-order valence-electron chi connectivity index (χ3n) is 5.68. The highest BCUT2D eigenvalue weighted by molar-refractivity contribution is 6.30. The van der Waals surface area contributed by atoms with Crippen LogP contribution in [0.15, 0.2) is 59.7 Å². The first kappa shape index (κ1) is 22.5. The van der Waals surface area contributed by atoms with Crippen molar-refractivity contribution in [2.75, 3.05) is 25.1 Å². The molecule has 2 aromatic heterocycles. The van der Waals surface area contributed by atoms with E-state index in [0.717, 1.165) is 43.0 Å². The number of nitrogens with zero attached hydrogens (tertiary/aromatic N) is 2. The van der Waals surface area contributed by atoms with Crippen LogP contribution in [0, 0.1) is 5.82 Å². The van der Waals surface area contributed by atoms with Crippen molar-refractivity contribution in [2.24, 2.45) is 0 Å². The van der Waals surface area contributed by atoms with E-state index in [0.29, 0.717) is 11.6 Å². The van der Waals surface area contributed by atoms with E-state index >= 15 is 0 Å². The lowest BCUT2D eigenvalue weighted by Gasteiger charge is -2.23. The van der Waals surface area contributed by atoms with Crippen molar-refractivity contribution >= 4 is 17.4 Å². The Kier molecular flexibility index (Phi) is 7.19. The third kappa shape index (κ3) is 5.18. The van der Waals surface area contributed by atoms with Gasteiger partial charge in [0.25, 0.3) is 5.56 Å². The Morgan fingerprint density at radius 3 is 2.69 bits per heavy atom. The highest BCUT2D eigenvalue weighted by Crippen LogP contribution is 2.26. The molecule has 4 rings (SSSR count). The van der Waals surface area contributed by atoms with E-state index in [4.69, 9.17) is 16.3 Å². The van der Waals surface area contributed by atoms with Gasteiger partial charge in [-0.25, -0.2) is 9.37 Å². The van der Waals surface area contributed by atoms with Gasteiger partial charge in [-0.15, -0.1) is 0 Å². The van der Waals surface area contributed by atoms with Crippen molar-refractivity contribution in [3.8, 4) is 11.1 Å². The lowest BCUT2D eigenvalue weighted by Crippen LogP contribution is -2.28. The first-order chi connectivity index (χ1) is 15.5. The molecule has 1 unspecified atom stereocenters. The predicted molar refractivity (Wildman–Crippen MR) is 123 cm³/mol. The highest BCUT2D eigenvalue weighted by Gasteiger charge is 2.17. The number of pyridine rings is 2. The van der Waals surface area contributed by atoms with Gasteiger partial charge >= 0.3 is 0 Å². The van der Waals surface area contributed by atoms with Crippen molar-refractivity contribution in [2.45, 2.75) is 31.3 Å². The number of rotatable bonds is 7. The number of benzene rings is 1. The Balaban J connectivity index is 1.60. The second kappa shape index (κ2) is 10.3. The molecule has 1 atom stereocenters. The molecule has 0 amide bonds. The molecule has 6 nitrogen and oxygen atoms in total. The van der Waals surface area contributed by atoms with E-state index in [1.165, 1.54) is 16.7 Å². The summed E-state index contributed by atoms with van der Waals surface area (Å²) in [6.45, 7) is 1.33. The van der Waals surface area contributed by atoms with Gasteiger partial charge in [0.05, 0.1) is 11.1 Å². The van der Waals surface area contributed by atoms with Crippen molar-refractivity contribution in [1.29, 1.82) is 0 Å². The zero-order valence-electron chi connectivity index (χ0n) is 17.5. The minimum absolute atomic E-state index is 0.0158. The molecule has 8 heteroatoms. The average molecular weight is 458 g/mol. The molecule has 0 spiro atoms. The van der Waals surface area contributed by atoms with Crippen molar-refractivity contribution in [3.63, 3.8) is 0 Å². The summed E-state index contributed by atoms with van der Waals surface area (Å²) in [4.78, 5) is 17.4. The Bertz CT molecular complexity index is 1130. The minimum atomic E-state index is -0.557. The summed E-state index contributed by atoms with van der Waals surface area (Å²) >= 11 is 5.79. The topological polar surface area (TPSA) is 76.4 Å². The van der Waals surface area contributed by atoms with Crippen LogP contribution < -0.4 is 10.9 Å². The monoisotopic (exact) mass is 457 g/mol. The van der Waals surface area contributed by atoms with Crippen LogP contribution in [-0.4, -0.2) is 40.5 Å². The van der Waals surface area contributed by atoms with Gasteiger partial charge in [-0.2, -0.15) is 0 Å². The van der Waals surface area contributed by atoms with E-state index in [2.05, 4.69) is 10.3 Å². The van der Waals surface area contributed by atoms with Gasteiger partial charge in [-0.05, 0) is 66.3 Å². The molecule has 1 aliphatic rings. The maximum absolute atomic E-state index is 14.0. The zero-order valence-corrected chi connectivity index (χ0v) is 18.3. The number of aliphatic hydroxyl groups is 1. The van der Waals surface area contributed by atoms with Gasteiger partial charge < -0.3 is 19.7 Å². The fourth-order valence-corrected chi connectivity index (χ4v) is 4.09. The van der Waals surface area contributed by atoms with E-state index in [9.17, 15) is 14.3 Å². The van der Waals surface area contributed by atoms with Crippen LogP contribution in [0.1, 0.15) is 30.9 Å². The third-order valence-corrected chi connectivity index (χ3v) is 5.99. The number of ether oxygens (including phenoxy) is 1. The van der Waals surface area contributed by atoms with Gasteiger partial charge in [-0.1, -0.05) is 17.7 Å². The Labute approximate surface area is 190 Å². The summed E-state index contributed by atoms with van der Waals surface area (Å²) in [5.74, 6) is 0.200. The van der Waals surface area contributed by atoms with Gasteiger partial charge in [0, 0.05) is 44.3 Å². The Hall–Kier alpha value is -2.74. The fourth-order valence-electron chi connectivity index (χ4n) is 3.98. The second-order valence-electron chi connectivity index (χ2n) is 7.82. The lowest BCUT2D eigenvalue weighted by molar-refractivity contribution is 0.0904. The molecule has 0 radical (unpaired) electrons. The molecule has 0 saturated carbocycles. The lowest BCUT2D eigenvalue weighted by atomic mass is 10.0. The Morgan fingerprint density at radius 1 is 1.19 bits per heavy atom. The van der Waals surface area contributed by atoms with Gasteiger partial charge in [-0.3, -0.25) is 4.79 Å². The molecule has 1 aliphatic heterocycles. The minimum Gasteiger partial charge on any atom is -0.396 e. The van der Waals surface area contributed by atoms with E-state index in [1.807, 2.05) is 18.2 Å². The molecule has 1 aromatic carbocycles. The summed E-state index contributed by atoms with van der Waals surface area (Å²) in [5.41, 5.74) is 1.96. The van der Waals surface area contributed by atoms with Crippen molar-refractivity contribution in [3.05, 3.63) is 81.6 Å². The van der Waals surface area contributed by atoms with Crippen LogP contribution in [0.5, 0.6) is 0 Å². The summed E-state index contributed by atoms with van der Waals surface area (Å²) in [6, 6.07) is 11.4. The quantitative estimate of drug-likeness (QED) is 0.554. The molecule has 3 aromatic rings. The Morgan fingerprint density at radius 2 is 1.97 bits per heavy atom. The first-order valence-corrected chi connectivity index (χ1v) is 11.0. The fraction of sp³-hybridized carbons (Fsp3) is 0.333. The normalized spacial score (nSPS) is 15.5. The number of hydrogen-bond donors (Lipinski definition) is 2. The second-order valence-corrected chi connectivity index (χ2v) is 8.23. The molecule has 3 heterocycles. The van der Waals surface area contributed by atoms with Crippen LogP contribution in [0.4, 0.5) is 10.2 Å². The van der Waals surface area contributed by atoms with Gasteiger partial charge in [0.15, 0.2) is 0 Å². The number of aliphatic hydroxyl groups excluding tert-OH is 1. The number of halogens is 2. The first-order valence-electron chi connectivity index (χ1n) is 10.6. The smallest absolute Gasteiger partial charge is 0.251 e. The molecule has 2 N–H and O–H groups in total. The molecule has 1 saturated heterocycles. The summed E-state index contributed by atoms with van der Waals surface area (Å²) in [6.07, 6.45) is 5.53. The standard InChI is InChI=1S/C24H25ClFN3O3/c25-20-2-1-18(13-21(20)26)22(5-10-30)29-9-4-17(15-24(29)31)16-3-8-27-23(14-16)28-19-6-11-32-12-7-19/h1-4,8-9,13-15,19,22,30H,5-7,10-12H2,(H,27,28). The molecule has 1 fully saturated rings. The largest absolute Gasteiger partial charge is 0.396 e. The van der Waals surface area contributed by atoms with E-state index in [-0.39, 0.29) is 23.6 Å². The van der Waals surface area contributed by atoms with Crippen molar-refractivity contribution in [1.82, 2.24) is 9.55 Å². The van der Waals surface area contributed by atoms with Crippen LogP contribution in [0.2, 0.25) is 5.02 Å². The number of anilines is 1. The van der Waals surface area contributed by atoms with Crippen LogP contribution >= 0.6 is 11.6 Å². The number of hydrogen-bond acceptors (Lipinski definition) is 5. The maximum atomic E-state index is 14.0. The summed E-state index contributed by atoms with van der Waals surface area (Å²) in [5, 5.41) is 13.0. The molecular weight excluding hydrogens is 433 g/mol. The summed E-state index contributed by atoms with van der Waals surface area (Å²) < 4.78 is 20.9.